The highest BCUT2D eigenvalue weighted by Gasteiger charge is 2.06. The largest absolute Gasteiger partial charge is 0.462 e. The summed E-state index contributed by atoms with van der Waals surface area (Å²) >= 11 is 5.21. The van der Waals surface area contributed by atoms with Gasteiger partial charge in [0.15, 0.2) is 5.11 Å². The van der Waals surface area contributed by atoms with E-state index in [1.54, 1.807) is 12.1 Å². The van der Waals surface area contributed by atoms with Gasteiger partial charge in [-0.25, -0.2) is 4.79 Å². The molecule has 0 bridgehead atoms. The molecule has 0 unspecified atom stereocenters. The van der Waals surface area contributed by atoms with Crippen LogP contribution in [0.3, 0.4) is 0 Å². The van der Waals surface area contributed by atoms with E-state index in [2.05, 4.69) is 22.5 Å². The average molecular weight is 323 g/mol. The van der Waals surface area contributed by atoms with Crippen molar-refractivity contribution in [1.29, 1.82) is 0 Å². The molecule has 0 aliphatic rings. The van der Waals surface area contributed by atoms with E-state index in [0.717, 1.165) is 31.6 Å². The number of anilines is 1. The number of esters is 1. The fraction of sp³-hybridized carbons (Fsp3) is 0.500. The highest BCUT2D eigenvalue weighted by molar-refractivity contribution is 7.80. The molecule has 22 heavy (non-hydrogen) atoms. The summed E-state index contributed by atoms with van der Waals surface area (Å²) in [6, 6.07) is 7.10. The first-order valence-corrected chi connectivity index (χ1v) is 7.90. The molecule has 122 valence electrons. The average Bonchev–Trinajstić information content (AvgIpc) is 2.47. The molecule has 2 N–H and O–H groups in total. The zero-order valence-corrected chi connectivity index (χ0v) is 14.3. The van der Waals surface area contributed by atoms with Crippen LogP contribution in [0.2, 0.25) is 0 Å². The number of nitrogens with zero attached hydrogens (tertiary/aromatic N) is 1. The third-order valence-electron chi connectivity index (χ3n) is 2.95. The summed E-state index contributed by atoms with van der Waals surface area (Å²) in [7, 11) is 4.02. The first-order valence-electron chi connectivity index (χ1n) is 7.49. The number of carbonyl (C=O) groups excluding carboxylic acids is 1. The maximum absolute atomic E-state index is 11.8. The molecule has 0 atom stereocenters. The zero-order valence-electron chi connectivity index (χ0n) is 13.5. The van der Waals surface area contributed by atoms with Gasteiger partial charge >= 0.3 is 5.97 Å². The van der Waals surface area contributed by atoms with E-state index in [1.165, 1.54) is 0 Å². The first-order chi connectivity index (χ1) is 10.5. The van der Waals surface area contributed by atoms with Crippen molar-refractivity contribution in [2.75, 3.05) is 39.1 Å². The molecule has 1 rings (SSSR count). The normalized spacial score (nSPS) is 10.4. The van der Waals surface area contributed by atoms with Crippen molar-refractivity contribution in [3.05, 3.63) is 29.8 Å². The van der Waals surface area contributed by atoms with Crippen LogP contribution in [0.1, 0.15) is 30.1 Å². The third-order valence-corrected chi connectivity index (χ3v) is 3.20. The Balaban J connectivity index is 2.40. The molecule has 0 radical (unpaired) electrons. The van der Waals surface area contributed by atoms with Gasteiger partial charge in [-0.15, -0.1) is 0 Å². The molecule has 0 saturated heterocycles. The molecule has 0 aromatic heterocycles. The molecule has 1 aromatic rings. The summed E-state index contributed by atoms with van der Waals surface area (Å²) < 4.78 is 5.16. The van der Waals surface area contributed by atoms with Crippen molar-refractivity contribution in [3.8, 4) is 0 Å². The Morgan fingerprint density at radius 3 is 2.55 bits per heavy atom. The molecule has 0 saturated carbocycles. The number of rotatable bonds is 8. The van der Waals surface area contributed by atoms with Crippen molar-refractivity contribution in [1.82, 2.24) is 10.2 Å². The minimum absolute atomic E-state index is 0.285. The van der Waals surface area contributed by atoms with Crippen molar-refractivity contribution < 1.29 is 9.53 Å². The van der Waals surface area contributed by atoms with Gasteiger partial charge in [0.1, 0.15) is 0 Å². The molecular weight excluding hydrogens is 298 g/mol. The SMILES string of the molecule is CCCCOC(=O)c1ccc(NC(=S)NCCN(C)C)cc1. The van der Waals surface area contributed by atoms with Crippen LogP contribution in [0.5, 0.6) is 0 Å². The summed E-state index contributed by atoms with van der Waals surface area (Å²) in [6.07, 6.45) is 1.90. The van der Waals surface area contributed by atoms with E-state index in [9.17, 15) is 4.79 Å². The lowest BCUT2D eigenvalue weighted by Gasteiger charge is -2.13. The Morgan fingerprint density at radius 2 is 1.95 bits per heavy atom. The Labute approximate surface area is 138 Å². The van der Waals surface area contributed by atoms with Gasteiger partial charge in [0.25, 0.3) is 0 Å². The minimum atomic E-state index is -0.285. The van der Waals surface area contributed by atoms with Crippen molar-refractivity contribution in [2.45, 2.75) is 19.8 Å². The van der Waals surface area contributed by atoms with Crippen molar-refractivity contribution >= 4 is 29.0 Å². The van der Waals surface area contributed by atoms with Crippen LogP contribution >= 0.6 is 12.2 Å². The number of likely N-dealkylation sites (N-methyl/N-ethyl adjacent to an activating group) is 1. The lowest BCUT2D eigenvalue weighted by molar-refractivity contribution is 0.0500. The number of nitrogens with one attached hydrogen (secondary N) is 2. The molecule has 0 heterocycles. The van der Waals surface area contributed by atoms with Crippen LogP contribution in [0.15, 0.2) is 24.3 Å². The van der Waals surface area contributed by atoms with Crippen molar-refractivity contribution in [3.63, 3.8) is 0 Å². The quantitative estimate of drug-likeness (QED) is 0.435. The monoisotopic (exact) mass is 323 g/mol. The number of ether oxygens (including phenoxy) is 1. The topological polar surface area (TPSA) is 53.6 Å². The van der Waals surface area contributed by atoms with Gasteiger partial charge < -0.3 is 20.3 Å². The molecule has 0 fully saturated rings. The second-order valence-electron chi connectivity index (χ2n) is 5.25. The van der Waals surface area contributed by atoms with E-state index in [4.69, 9.17) is 17.0 Å². The van der Waals surface area contributed by atoms with Gasteiger partial charge in [-0.3, -0.25) is 0 Å². The summed E-state index contributed by atoms with van der Waals surface area (Å²) in [5, 5.41) is 6.77. The number of hydrogen-bond acceptors (Lipinski definition) is 4. The summed E-state index contributed by atoms with van der Waals surface area (Å²) in [4.78, 5) is 13.9. The summed E-state index contributed by atoms with van der Waals surface area (Å²) in [5.41, 5.74) is 1.39. The number of unbranched alkanes of at least 4 members (excludes halogenated alkanes) is 1. The fourth-order valence-electron chi connectivity index (χ4n) is 1.65. The highest BCUT2D eigenvalue weighted by atomic mass is 32.1. The highest BCUT2D eigenvalue weighted by Crippen LogP contribution is 2.10. The second kappa shape index (κ2) is 10.1. The van der Waals surface area contributed by atoms with Gasteiger partial charge in [0.2, 0.25) is 0 Å². The van der Waals surface area contributed by atoms with Crippen molar-refractivity contribution in [2.24, 2.45) is 0 Å². The van der Waals surface area contributed by atoms with Crippen LogP contribution in [-0.2, 0) is 4.74 Å². The Morgan fingerprint density at radius 1 is 1.27 bits per heavy atom. The molecule has 0 aliphatic carbocycles. The molecular formula is C16H25N3O2S. The molecule has 0 amide bonds. The molecule has 1 aromatic carbocycles. The number of benzene rings is 1. The summed E-state index contributed by atoms with van der Waals surface area (Å²) in [5.74, 6) is -0.285. The van der Waals surface area contributed by atoms with Gasteiger partial charge in [0, 0.05) is 18.8 Å². The standard InChI is InChI=1S/C16H25N3O2S/c1-4-5-12-21-15(20)13-6-8-14(9-7-13)18-16(22)17-10-11-19(2)3/h6-9H,4-5,10-12H2,1-3H3,(H2,17,18,22). The smallest absolute Gasteiger partial charge is 0.338 e. The van der Waals surface area contributed by atoms with Crippen LogP contribution in [-0.4, -0.2) is 49.8 Å². The summed E-state index contributed by atoms with van der Waals surface area (Å²) in [6.45, 7) is 4.21. The van der Waals surface area contributed by atoms with E-state index >= 15 is 0 Å². The van der Waals surface area contributed by atoms with E-state index in [1.807, 2.05) is 26.2 Å². The zero-order chi connectivity index (χ0) is 16.4. The van der Waals surface area contributed by atoms with Crippen LogP contribution < -0.4 is 10.6 Å². The van der Waals surface area contributed by atoms with Crippen LogP contribution in [0, 0.1) is 0 Å². The van der Waals surface area contributed by atoms with Gasteiger partial charge in [-0.05, 0) is 57.0 Å². The van der Waals surface area contributed by atoms with E-state index in [-0.39, 0.29) is 5.97 Å². The van der Waals surface area contributed by atoms with Crippen LogP contribution in [0.25, 0.3) is 0 Å². The van der Waals surface area contributed by atoms with Gasteiger partial charge in [-0.1, -0.05) is 13.3 Å². The number of thiocarbonyl (C=S) groups is 1. The number of hydrogen-bond donors (Lipinski definition) is 2. The Bertz CT molecular complexity index is 475. The maximum atomic E-state index is 11.8. The predicted octanol–water partition coefficient (Wildman–Crippen LogP) is 2.49. The lowest BCUT2D eigenvalue weighted by Crippen LogP contribution is -2.34. The van der Waals surface area contributed by atoms with E-state index < -0.39 is 0 Å². The molecule has 6 heteroatoms. The number of carbonyl (C=O) groups is 1. The van der Waals surface area contributed by atoms with Crippen LogP contribution in [0.4, 0.5) is 5.69 Å². The molecule has 0 spiro atoms. The Hall–Kier alpha value is -1.66. The maximum Gasteiger partial charge on any atom is 0.338 e. The lowest BCUT2D eigenvalue weighted by atomic mass is 10.2. The van der Waals surface area contributed by atoms with Gasteiger partial charge in [0.05, 0.1) is 12.2 Å². The minimum Gasteiger partial charge on any atom is -0.462 e. The second-order valence-corrected chi connectivity index (χ2v) is 5.66. The fourth-order valence-corrected chi connectivity index (χ4v) is 1.87. The van der Waals surface area contributed by atoms with E-state index in [0.29, 0.717) is 17.3 Å². The Kier molecular flexibility index (Phi) is 8.47. The molecule has 0 aliphatic heterocycles. The van der Waals surface area contributed by atoms with Gasteiger partial charge in [-0.2, -0.15) is 0 Å². The third kappa shape index (κ3) is 7.38. The first kappa shape index (κ1) is 18.4. The molecule has 5 nitrogen and oxygen atoms in total. The predicted molar refractivity (Wildman–Crippen MR) is 94.4 cm³/mol.